The van der Waals surface area contributed by atoms with Gasteiger partial charge in [0.25, 0.3) is 0 Å². The molecule has 0 radical (unpaired) electrons. The van der Waals surface area contributed by atoms with Crippen LogP contribution in [-0.2, 0) is 5.41 Å². The molecule has 2 nitrogen and oxygen atoms in total. The van der Waals surface area contributed by atoms with Gasteiger partial charge in [0.15, 0.2) is 11.6 Å². The summed E-state index contributed by atoms with van der Waals surface area (Å²) in [5, 5.41) is 12.4. The predicted octanol–water partition coefficient (Wildman–Crippen LogP) is 2.11. The van der Waals surface area contributed by atoms with E-state index in [1.54, 1.807) is 0 Å². The predicted molar refractivity (Wildman–Crippen MR) is 55.8 cm³/mol. The van der Waals surface area contributed by atoms with Crippen LogP contribution >= 0.6 is 0 Å². The molecule has 1 aliphatic heterocycles. The minimum Gasteiger partial charge on any atom is -0.317 e. The highest BCUT2D eigenvalue weighted by atomic mass is 19.2. The molecule has 2 rings (SSSR count). The molecule has 0 amide bonds. The lowest BCUT2D eigenvalue weighted by Crippen LogP contribution is -2.39. The smallest absolute Gasteiger partial charge is 0.163 e. The molecule has 0 atom stereocenters. The summed E-state index contributed by atoms with van der Waals surface area (Å²) in [4.78, 5) is 0. The first-order chi connectivity index (χ1) is 7.69. The quantitative estimate of drug-likeness (QED) is 0.790. The summed E-state index contributed by atoms with van der Waals surface area (Å²) in [5.74, 6) is -1.77. The highest BCUT2D eigenvalue weighted by Crippen LogP contribution is 2.34. The van der Waals surface area contributed by atoms with Crippen LogP contribution in [0.4, 0.5) is 8.78 Å². The summed E-state index contributed by atoms with van der Waals surface area (Å²) in [6, 6.07) is 6.19. The second-order valence-corrected chi connectivity index (χ2v) is 4.05. The van der Waals surface area contributed by atoms with Crippen LogP contribution in [-0.4, -0.2) is 13.1 Å². The molecule has 1 aromatic carbocycles. The lowest BCUT2D eigenvalue weighted by molar-refractivity contribution is 0.363. The molecule has 1 aromatic rings. The van der Waals surface area contributed by atoms with Gasteiger partial charge in [0.05, 0.1) is 11.5 Å². The van der Waals surface area contributed by atoms with E-state index in [-0.39, 0.29) is 5.56 Å². The van der Waals surface area contributed by atoms with Crippen LogP contribution in [0.1, 0.15) is 18.4 Å². The van der Waals surface area contributed by atoms with Crippen LogP contribution in [0, 0.1) is 23.0 Å². The molecule has 0 unspecified atom stereocenters. The van der Waals surface area contributed by atoms with Gasteiger partial charge in [0.2, 0.25) is 0 Å². The van der Waals surface area contributed by atoms with Gasteiger partial charge in [0.1, 0.15) is 0 Å². The molecule has 4 heteroatoms. The van der Waals surface area contributed by atoms with Crippen molar-refractivity contribution < 1.29 is 8.78 Å². The Bertz CT molecular complexity index is 431. The lowest BCUT2D eigenvalue weighted by Gasteiger charge is -2.31. The van der Waals surface area contributed by atoms with Gasteiger partial charge in [-0.15, -0.1) is 0 Å². The Morgan fingerprint density at radius 3 is 2.56 bits per heavy atom. The maximum atomic E-state index is 13.7. The first-order valence-corrected chi connectivity index (χ1v) is 5.26. The Balaban J connectivity index is 2.48. The van der Waals surface area contributed by atoms with Crippen LogP contribution in [0.5, 0.6) is 0 Å². The van der Waals surface area contributed by atoms with Gasteiger partial charge in [-0.1, -0.05) is 12.1 Å². The summed E-state index contributed by atoms with van der Waals surface area (Å²) in [7, 11) is 0. The van der Waals surface area contributed by atoms with Crippen molar-refractivity contribution in [1.82, 2.24) is 5.32 Å². The third kappa shape index (κ3) is 1.68. The third-order valence-electron chi connectivity index (χ3n) is 3.14. The molecule has 1 aliphatic rings. The second-order valence-electron chi connectivity index (χ2n) is 4.05. The zero-order valence-electron chi connectivity index (χ0n) is 8.76. The highest BCUT2D eigenvalue weighted by Gasteiger charge is 2.36. The number of benzene rings is 1. The molecule has 0 aliphatic carbocycles. The normalized spacial score (nSPS) is 19.1. The van der Waals surface area contributed by atoms with Gasteiger partial charge < -0.3 is 5.32 Å². The van der Waals surface area contributed by atoms with Crippen LogP contribution in [0.2, 0.25) is 0 Å². The SMILES string of the molecule is N#CC1(c2cccc(F)c2F)CCNCC1. The van der Waals surface area contributed by atoms with E-state index >= 15 is 0 Å². The summed E-state index contributed by atoms with van der Waals surface area (Å²) in [6.07, 6.45) is 1.04. The van der Waals surface area contributed by atoms with Crippen molar-refractivity contribution in [2.24, 2.45) is 0 Å². The first kappa shape index (κ1) is 11.0. The fourth-order valence-electron chi connectivity index (χ4n) is 2.17. The van der Waals surface area contributed by atoms with E-state index in [1.807, 2.05) is 0 Å². The van der Waals surface area contributed by atoms with E-state index < -0.39 is 17.0 Å². The number of hydrogen-bond acceptors (Lipinski definition) is 2. The Morgan fingerprint density at radius 2 is 1.94 bits per heavy atom. The maximum absolute atomic E-state index is 13.7. The van der Waals surface area contributed by atoms with Crippen molar-refractivity contribution in [2.75, 3.05) is 13.1 Å². The average molecular weight is 222 g/mol. The Hall–Kier alpha value is -1.47. The number of rotatable bonds is 1. The lowest BCUT2D eigenvalue weighted by atomic mass is 9.74. The zero-order chi connectivity index (χ0) is 11.6. The van der Waals surface area contributed by atoms with Crippen molar-refractivity contribution in [3.8, 4) is 6.07 Å². The molecule has 1 heterocycles. The van der Waals surface area contributed by atoms with Crippen molar-refractivity contribution in [3.63, 3.8) is 0 Å². The Kier molecular flexibility index (Phi) is 2.88. The van der Waals surface area contributed by atoms with E-state index in [1.165, 1.54) is 12.1 Å². The fourth-order valence-corrected chi connectivity index (χ4v) is 2.17. The second kappa shape index (κ2) is 4.18. The van der Waals surface area contributed by atoms with Crippen LogP contribution < -0.4 is 5.32 Å². The zero-order valence-corrected chi connectivity index (χ0v) is 8.76. The van der Waals surface area contributed by atoms with Gasteiger partial charge in [-0.3, -0.25) is 0 Å². The minimum absolute atomic E-state index is 0.191. The van der Waals surface area contributed by atoms with Crippen LogP contribution in [0.15, 0.2) is 18.2 Å². The largest absolute Gasteiger partial charge is 0.317 e. The van der Waals surface area contributed by atoms with Crippen LogP contribution in [0.3, 0.4) is 0 Å². The van der Waals surface area contributed by atoms with Gasteiger partial charge in [0, 0.05) is 5.56 Å². The molecule has 1 fully saturated rings. The molecule has 0 bridgehead atoms. The maximum Gasteiger partial charge on any atom is 0.163 e. The van der Waals surface area contributed by atoms with Gasteiger partial charge in [-0.05, 0) is 32.0 Å². The van der Waals surface area contributed by atoms with Gasteiger partial charge in [-0.25, -0.2) is 8.78 Å². The minimum atomic E-state index is -0.884. The van der Waals surface area contributed by atoms with Crippen molar-refractivity contribution in [1.29, 1.82) is 5.26 Å². The van der Waals surface area contributed by atoms with Gasteiger partial charge >= 0.3 is 0 Å². The van der Waals surface area contributed by atoms with E-state index in [0.29, 0.717) is 25.9 Å². The molecule has 0 saturated carbocycles. The summed E-state index contributed by atoms with van der Waals surface area (Å²) >= 11 is 0. The van der Waals surface area contributed by atoms with Gasteiger partial charge in [-0.2, -0.15) is 5.26 Å². The first-order valence-electron chi connectivity index (χ1n) is 5.26. The number of halogens is 2. The van der Waals surface area contributed by atoms with E-state index in [4.69, 9.17) is 0 Å². The fraction of sp³-hybridized carbons (Fsp3) is 0.417. The summed E-state index contributed by atoms with van der Waals surface area (Å²) < 4.78 is 26.8. The standard InChI is InChI=1S/C12H12F2N2/c13-10-3-1-2-9(11(10)14)12(8-15)4-6-16-7-5-12/h1-3,16H,4-7H2. The molecule has 0 aromatic heterocycles. The van der Waals surface area contributed by atoms with Crippen molar-refractivity contribution in [2.45, 2.75) is 18.3 Å². The highest BCUT2D eigenvalue weighted by molar-refractivity contribution is 5.35. The average Bonchev–Trinajstić information content (AvgIpc) is 2.33. The van der Waals surface area contributed by atoms with Crippen molar-refractivity contribution >= 4 is 0 Å². The molecule has 1 N–H and O–H groups in total. The topological polar surface area (TPSA) is 35.8 Å². The Morgan fingerprint density at radius 1 is 1.25 bits per heavy atom. The molecular formula is C12H12F2N2. The summed E-state index contributed by atoms with van der Waals surface area (Å²) in [6.45, 7) is 1.31. The number of hydrogen-bond donors (Lipinski definition) is 1. The number of piperidine rings is 1. The Labute approximate surface area is 92.9 Å². The molecular weight excluding hydrogens is 210 g/mol. The van der Waals surface area contributed by atoms with E-state index in [9.17, 15) is 14.0 Å². The number of nitrogens with zero attached hydrogens (tertiary/aromatic N) is 1. The molecule has 16 heavy (non-hydrogen) atoms. The molecule has 0 spiro atoms. The monoisotopic (exact) mass is 222 g/mol. The number of nitriles is 1. The molecule has 84 valence electrons. The number of nitrogens with one attached hydrogen (secondary N) is 1. The van der Waals surface area contributed by atoms with E-state index in [0.717, 1.165) is 6.07 Å². The van der Waals surface area contributed by atoms with Crippen LogP contribution in [0.25, 0.3) is 0 Å². The molecule has 1 saturated heterocycles. The summed E-state index contributed by atoms with van der Waals surface area (Å²) in [5.41, 5.74) is -0.686. The third-order valence-corrected chi connectivity index (χ3v) is 3.14. The van der Waals surface area contributed by atoms with E-state index in [2.05, 4.69) is 11.4 Å². The van der Waals surface area contributed by atoms with Crippen molar-refractivity contribution in [3.05, 3.63) is 35.4 Å².